The lowest BCUT2D eigenvalue weighted by atomic mass is 10.1. The van der Waals surface area contributed by atoms with E-state index in [9.17, 15) is 0 Å². The van der Waals surface area contributed by atoms with Crippen molar-refractivity contribution in [3.63, 3.8) is 0 Å². The highest BCUT2D eigenvalue weighted by Crippen LogP contribution is 2.15. The Morgan fingerprint density at radius 1 is 1.35 bits per heavy atom. The Bertz CT molecular complexity index is 504. The molecule has 0 aliphatic carbocycles. The summed E-state index contributed by atoms with van der Waals surface area (Å²) in [5.74, 6) is 0.867. The summed E-state index contributed by atoms with van der Waals surface area (Å²) < 4.78 is 5.20. The summed E-state index contributed by atoms with van der Waals surface area (Å²) in [4.78, 5) is 6.84. The van der Waals surface area contributed by atoms with Gasteiger partial charge in [-0.15, -0.1) is 0 Å². The topological polar surface area (TPSA) is 48.9 Å². The van der Waals surface area contributed by atoms with Crippen LogP contribution in [0.1, 0.15) is 24.0 Å². The van der Waals surface area contributed by atoms with Crippen LogP contribution in [0.25, 0.3) is 0 Å². The first-order valence-electron chi connectivity index (χ1n) is 8.46. The molecule has 23 heavy (non-hydrogen) atoms. The number of likely N-dealkylation sites (tertiary alicyclic amines) is 1. The summed E-state index contributed by atoms with van der Waals surface area (Å²) in [6, 6.07) is 9.01. The van der Waals surface area contributed by atoms with Crippen molar-refractivity contribution in [1.29, 1.82) is 0 Å². The molecule has 1 unspecified atom stereocenters. The molecule has 2 N–H and O–H groups in total. The van der Waals surface area contributed by atoms with Gasteiger partial charge in [0, 0.05) is 39.8 Å². The second-order valence-electron chi connectivity index (χ2n) is 6.06. The number of hydrogen-bond donors (Lipinski definition) is 2. The van der Waals surface area contributed by atoms with Gasteiger partial charge in [-0.05, 0) is 37.4 Å². The third-order valence-electron chi connectivity index (χ3n) is 4.52. The summed E-state index contributed by atoms with van der Waals surface area (Å²) in [5.41, 5.74) is 2.61. The molecule has 1 atom stereocenters. The highest BCUT2D eigenvalue weighted by atomic mass is 16.5. The SMILES string of the molecule is CN=C(NCc1ccccc1C)NCC1CCCN1CCOC. The molecule has 1 aromatic rings. The van der Waals surface area contributed by atoms with Gasteiger partial charge in [-0.25, -0.2) is 0 Å². The minimum atomic E-state index is 0.571. The molecule has 5 nitrogen and oxygen atoms in total. The van der Waals surface area contributed by atoms with E-state index >= 15 is 0 Å². The number of benzene rings is 1. The van der Waals surface area contributed by atoms with E-state index in [0.717, 1.165) is 32.2 Å². The number of rotatable bonds is 7. The average molecular weight is 318 g/mol. The zero-order valence-electron chi connectivity index (χ0n) is 14.6. The maximum atomic E-state index is 5.20. The Hall–Kier alpha value is -1.59. The van der Waals surface area contributed by atoms with Crippen LogP contribution in [-0.2, 0) is 11.3 Å². The van der Waals surface area contributed by atoms with Crippen LogP contribution in [0.5, 0.6) is 0 Å². The van der Waals surface area contributed by atoms with Crippen molar-refractivity contribution in [3.05, 3.63) is 35.4 Å². The first-order chi connectivity index (χ1) is 11.2. The smallest absolute Gasteiger partial charge is 0.191 e. The molecule has 1 saturated heterocycles. The van der Waals surface area contributed by atoms with Gasteiger partial charge < -0.3 is 15.4 Å². The van der Waals surface area contributed by atoms with Crippen LogP contribution in [-0.4, -0.2) is 57.3 Å². The van der Waals surface area contributed by atoms with Crippen molar-refractivity contribution < 1.29 is 4.74 Å². The van der Waals surface area contributed by atoms with Crippen LogP contribution in [0, 0.1) is 6.92 Å². The fraction of sp³-hybridized carbons (Fsp3) is 0.611. The van der Waals surface area contributed by atoms with Crippen molar-refractivity contribution in [3.8, 4) is 0 Å². The molecular weight excluding hydrogens is 288 g/mol. The van der Waals surface area contributed by atoms with Crippen LogP contribution in [0.2, 0.25) is 0 Å². The van der Waals surface area contributed by atoms with E-state index in [-0.39, 0.29) is 0 Å². The lowest BCUT2D eigenvalue weighted by Gasteiger charge is -2.25. The maximum Gasteiger partial charge on any atom is 0.191 e. The lowest BCUT2D eigenvalue weighted by molar-refractivity contribution is 0.141. The van der Waals surface area contributed by atoms with Gasteiger partial charge in [0.1, 0.15) is 0 Å². The average Bonchev–Trinajstić information content (AvgIpc) is 3.02. The number of nitrogens with zero attached hydrogens (tertiary/aromatic N) is 2. The molecule has 1 aromatic carbocycles. The van der Waals surface area contributed by atoms with Crippen molar-refractivity contribution >= 4 is 5.96 Å². The quantitative estimate of drug-likeness (QED) is 0.594. The van der Waals surface area contributed by atoms with Crippen LogP contribution >= 0.6 is 0 Å². The second-order valence-corrected chi connectivity index (χ2v) is 6.06. The van der Waals surface area contributed by atoms with E-state index < -0.39 is 0 Å². The molecular formula is C18H30N4O. The van der Waals surface area contributed by atoms with Crippen molar-refractivity contribution in [2.75, 3.05) is 40.4 Å². The second kappa shape index (κ2) is 9.53. The van der Waals surface area contributed by atoms with Gasteiger partial charge in [0.25, 0.3) is 0 Å². The zero-order chi connectivity index (χ0) is 16.5. The van der Waals surface area contributed by atoms with E-state index in [1.807, 2.05) is 7.05 Å². The Labute approximate surface area is 140 Å². The van der Waals surface area contributed by atoms with E-state index in [1.165, 1.54) is 30.5 Å². The summed E-state index contributed by atoms with van der Waals surface area (Å²) in [6.45, 7) is 6.85. The number of nitrogens with one attached hydrogen (secondary N) is 2. The lowest BCUT2D eigenvalue weighted by Crippen LogP contribution is -2.45. The Morgan fingerprint density at radius 2 is 2.17 bits per heavy atom. The number of guanidine groups is 1. The van der Waals surface area contributed by atoms with Gasteiger partial charge >= 0.3 is 0 Å². The number of hydrogen-bond acceptors (Lipinski definition) is 3. The normalized spacial score (nSPS) is 19.1. The summed E-state index contributed by atoms with van der Waals surface area (Å²) in [5, 5.41) is 6.87. The van der Waals surface area contributed by atoms with Crippen molar-refractivity contribution in [2.24, 2.45) is 4.99 Å². The van der Waals surface area contributed by atoms with Crippen LogP contribution < -0.4 is 10.6 Å². The molecule has 0 spiro atoms. The summed E-state index contributed by atoms with van der Waals surface area (Å²) in [7, 11) is 3.59. The molecule has 1 heterocycles. The van der Waals surface area contributed by atoms with Gasteiger partial charge in [-0.1, -0.05) is 24.3 Å². The predicted octanol–water partition coefficient (Wildman–Crippen LogP) is 1.77. The summed E-state index contributed by atoms with van der Waals surface area (Å²) >= 11 is 0. The van der Waals surface area contributed by atoms with Gasteiger partial charge in [0.15, 0.2) is 5.96 Å². The molecule has 0 amide bonds. The fourth-order valence-electron chi connectivity index (χ4n) is 3.05. The predicted molar refractivity (Wildman–Crippen MR) is 95.9 cm³/mol. The monoisotopic (exact) mass is 318 g/mol. The first-order valence-corrected chi connectivity index (χ1v) is 8.46. The standard InChI is InChI=1S/C18H30N4O/c1-15-7-4-5-8-16(15)13-20-18(19-2)21-14-17-9-6-10-22(17)11-12-23-3/h4-5,7-8,17H,6,9-14H2,1-3H3,(H2,19,20,21). The van der Waals surface area contributed by atoms with Crippen LogP contribution in [0.4, 0.5) is 0 Å². The maximum absolute atomic E-state index is 5.20. The molecule has 2 rings (SSSR count). The highest BCUT2D eigenvalue weighted by molar-refractivity contribution is 5.79. The largest absolute Gasteiger partial charge is 0.383 e. The molecule has 1 fully saturated rings. The number of methoxy groups -OCH3 is 1. The molecule has 0 aromatic heterocycles. The van der Waals surface area contributed by atoms with Crippen molar-refractivity contribution in [2.45, 2.75) is 32.4 Å². The van der Waals surface area contributed by atoms with Gasteiger partial charge in [0.2, 0.25) is 0 Å². The van der Waals surface area contributed by atoms with E-state index in [1.54, 1.807) is 7.11 Å². The third-order valence-corrected chi connectivity index (χ3v) is 4.52. The molecule has 0 radical (unpaired) electrons. The number of ether oxygens (including phenoxy) is 1. The minimum absolute atomic E-state index is 0.571. The molecule has 128 valence electrons. The molecule has 1 aliphatic heterocycles. The Kier molecular flexibility index (Phi) is 7.36. The van der Waals surface area contributed by atoms with Crippen LogP contribution in [0.3, 0.4) is 0 Å². The zero-order valence-corrected chi connectivity index (χ0v) is 14.6. The molecule has 0 bridgehead atoms. The van der Waals surface area contributed by atoms with Crippen LogP contribution in [0.15, 0.2) is 29.3 Å². The van der Waals surface area contributed by atoms with E-state index in [4.69, 9.17) is 4.74 Å². The Balaban J connectivity index is 1.78. The van der Waals surface area contributed by atoms with E-state index in [2.05, 4.69) is 51.7 Å². The highest BCUT2D eigenvalue weighted by Gasteiger charge is 2.23. The van der Waals surface area contributed by atoms with Gasteiger partial charge in [0.05, 0.1) is 6.61 Å². The van der Waals surface area contributed by atoms with E-state index in [0.29, 0.717) is 6.04 Å². The van der Waals surface area contributed by atoms with Gasteiger partial charge in [-0.3, -0.25) is 9.89 Å². The fourth-order valence-corrected chi connectivity index (χ4v) is 3.05. The summed E-state index contributed by atoms with van der Waals surface area (Å²) in [6.07, 6.45) is 2.51. The third kappa shape index (κ3) is 5.52. The molecule has 5 heteroatoms. The first kappa shape index (κ1) is 17.8. The minimum Gasteiger partial charge on any atom is -0.383 e. The van der Waals surface area contributed by atoms with Crippen molar-refractivity contribution in [1.82, 2.24) is 15.5 Å². The molecule has 1 aliphatic rings. The molecule has 0 saturated carbocycles. The Morgan fingerprint density at radius 3 is 2.91 bits per heavy atom. The number of aliphatic imine (C=N–C) groups is 1. The van der Waals surface area contributed by atoms with Gasteiger partial charge in [-0.2, -0.15) is 0 Å². The number of aryl methyl sites for hydroxylation is 1.